The van der Waals surface area contributed by atoms with E-state index in [2.05, 4.69) is 57.5 Å². The predicted octanol–water partition coefficient (Wildman–Crippen LogP) is -4.14. The molecule has 50 heteroatoms. The molecule has 2 saturated carbocycles. The summed E-state index contributed by atoms with van der Waals surface area (Å²) < 4.78 is 94.7. The van der Waals surface area contributed by atoms with Crippen LogP contribution in [0.4, 0.5) is 4.79 Å². The second-order valence-electron chi connectivity index (χ2n) is 37.1. The average molecular weight is 2030 g/mol. The van der Waals surface area contributed by atoms with Crippen molar-refractivity contribution in [1.29, 1.82) is 0 Å². The Morgan fingerprint density at radius 3 is 2.08 bits per heavy atom. The molecule has 0 unspecified atom stereocenters. The Balaban J connectivity index is 0.000000351. The fraction of sp³-hybridized carbons (Fsp3) is 0.522. The number of carbonyl (C=O) groups excluding carboxylic acids is 11. The number of likely N-dealkylation sites (tertiary alicyclic amines) is 1. The number of phenols is 1. The number of ether oxygens (including phenoxy) is 4. The molecule has 46 nitrogen and oxygen atoms in total. The van der Waals surface area contributed by atoms with E-state index in [-0.39, 0.29) is 65.9 Å². The maximum absolute atomic E-state index is 14.9. The number of nitrogens with zero attached hydrogens (tertiary/aromatic N) is 5. The third-order valence-corrected chi connectivity index (χ3v) is 26.8. The van der Waals surface area contributed by atoms with Crippen molar-refractivity contribution in [2.24, 2.45) is 34.6 Å². The van der Waals surface area contributed by atoms with Crippen molar-refractivity contribution >= 4 is 108 Å². The van der Waals surface area contributed by atoms with E-state index in [4.69, 9.17) is 46.5 Å². The minimum Gasteiger partial charge on any atom is -0.716 e. The van der Waals surface area contributed by atoms with Crippen molar-refractivity contribution in [2.75, 3.05) is 39.9 Å². The first-order valence-corrected chi connectivity index (χ1v) is 47.6. The van der Waals surface area contributed by atoms with Crippen molar-refractivity contribution in [3.8, 4) is 51.5 Å². The van der Waals surface area contributed by atoms with E-state index >= 15 is 0 Å². The molecule has 760 valence electrons. The van der Waals surface area contributed by atoms with Gasteiger partial charge in [-0.25, -0.2) is 26.6 Å². The van der Waals surface area contributed by atoms with E-state index in [9.17, 15) is 120 Å². The maximum Gasteiger partial charge on any atom is 1.00 e. The summed E-state index contributed by atoms with van der Waals surface area (Å²) >= 11 is 6.32. The number of amides is 11. The molecule has 6 aliphatic rings. The quantitative estimate of drug-likeness (QED) is 0.00697. The Kier molecular flexibility index (Phi) is 37.6. The largest absolute Gasteiger partial charge is 1.00 e. The number of nitrogens with one attached hydrogen (secondary N) is 7. The normalized spacial score (nSPS) is 25.3. The SMILES string of the molecule is C=C[C@@H]1C[C@]1(NC(=O)[C@@H]1C[C@@H](Oc2ncc(OC)c3ccc(Cl)cc23)CN1C(=O)[C@@H](NC(=O)OC(C)(C)C)C(C)(C)C)C(=O)NS(=O)(=O)C1CC1.C[C@@H](O)[C@H]1NC(=O)[C@@H](NC(=O)c2ccc(-c3cc(-c4ccc(OCCCCN)cc4)on3)cc2)C[C@@H](O)[C@@H](O)NC(=O)[C@@H]2[C@@H](O)[C@@H](C)CN2C(=O)[C@H]([C@H](O)CC(N)=O)C[C@H]([C@H](O)[C@@H](O)c2ccc(O)c(OS(=O)(=O)[O-])c2)NC(=O)[C@@H]2C[C@@H](O)CN2C1=O.O.[Na+]. The topological polar surface area (TPSA) is 724 Å². The molecule has 11 amide bonds. The Morgan fingerprint density at radius 1 is 0.800 bits per heavy atom. The van der Waals surface area contributed by atoms with E-state index < -0.39 is 278 Å². The summed E-state index contributed by atoms with van der Waals surface area (Å²) in [6, 6.07) is 9.72. The number of aromatic nitrogens is 2. The van der Waals surface area contributed by atoms with E-state index in [1.165, 1.54) is 55.5 Å². The summed E-state index contributed by atoms with van der Waals surface area (Å²) in [6.45, 7) is 16.4. The number of aromatic hydroxyl groups is 1. The fourth-order valence-corrected chi connectivity index (χ4v) is 18.6. The van der Waals surface area contributed by atoms with Gasteiger partial charge in [-0.3, -0.25) is 52.7 Å². The molecule has 6 heterocycles. The molecule has 0 radical (unpaired) electrons. The Morgan fingerprint density at radius 2 is 1.47 bits per heavy atom. The van der Waals surface area contributed by atoms with Gasteiger partial charge in [-0.15, -0.1) is 6.58 Å². The van der Waals surface area contributed by atoms with Gasteiger partial charge in [-0.2, -0.15) is 0 Å². The molecule has 2 aliphatic carbocycles. The number of halogens is 1. The van der Waals surface area contributed by atoms with E-state index in [1.54, 1.807) is 90.1 Å². The molecule has 2 aromatic heterocycles. The molecule has 20 atom stereocenters. The minimum absolute atomic E-state index is 0. The number of sulfonamides is 1. The van der Waals surface area contributed by atoms with Crippen LogP contribution < -0.4 is 96.0 Å². The number of fused-ring (bicyclic) bond motifs is 3. The molecule has 6 aromatic rings. The van der Waals surface area contributed by atoms with Crippen LogP contribution in [-0.2, 0) is 68.3 Å². The van der Waals surface area contributed by atoms with Gasteiger partial charge < -0.3 is 142 Å². The number of aliphatic hydroxyl groups is 8. The first-order chi connectivity index (χ1) is 64.7. The third-order valence-electron chi connectivity index (χ3n) is 24.3. The van der Waals surface area contributed by atoms with Gasteiger partial charge in [0, 0.05) is 82.7 Å². The number of benzene rings is 4. The molecule has 4 aliphatic heterocycles. The van der Waals surface area contributed by atoms with Crippen LogP contribution in [0.25, 0.3) is 33.4 Å². The average Bonchev–Trinajstić information content (AvgIpc) is 1.57. The number of carbonyl (C=O) groups is 11. The Hall–Kier alpha value is -11.0. The van der Waals surface area contributed by atoms with Gasteiger partial charge in [0.25, 0.3) is 22.2 Å². The smallest absolute Gasteiger partial charge is 0.716 e. The number of hydrogen-bond acceptors (Lipinski definition) is 34. The number of nitrogens with two attached hydrogens (primary N) is 2. The van der Waals surface area contributed by atoms with E-state index in [0.29, 0.717) is 81.9 Å². The second-order valence-corrected chi connectivity index (χ2v) is 40.5. The van der Waals surface area contributed by atoms with Crippen molar-refractivity contribution in [3.05, 3.63) is 126 Å². The van der Waals surface area contributed by atoms with Crippen molar-refractivity contribution in [2.45, 2.75) is 233 Å². The number of alkyl carbamates (subject to hydrolysis) is 1. The van der Waals surface area contributed by atoms with Crippen LogP contribution >= 0.6 is 11.6 Å². The molecular formula is C90H118ClN14NaO32S2. The van der Waals surface area contributed by atoms with E-state index in [1.807, 2.05) is 0 Å². The van der Waals surface area contributed by atoms with Gasteiger partial charge in [-0.1, -0.05) is 68.7 Å². The first kappa shape index (κ1) is 113. The third kappa shape index (κ3) is 27.8. The zero-order valence-electron chi connectivity index (χ0n) is 78.3. The maximum atomic E-state index is 14.9. The second kappa shape index (κ2) is 46.8. The van der Waals surface area contributed by atoms with Crippen LogP contribution in [0.2, 0.25) is 5.02 Å². The summed E-state index contributed by atoms with van der Waals surface area (Å²) in [5, 5.41) is 122. The summed E-state index contributed by atoms with van der Waals surface area (Å²) in [5.41, 5.74) is 8.66. The molecule has 4 saturated heterocycles. The summed E-state index contributed by atoms with van der Waals surface area (Å²) in [6.07, 6.45) is -16.2. The van der Waals surface area contributed by atoms with Gasteiger partial charge in [0.2, 0.25) is 63.2 Å². The molecule has 140 heavy (non-hydrogen) atoms. The molecule has 6 fully saturated rings. The first-order valence-electron chi connectivity index (χ1n) is 44.4. The molecule has 22 N–H and O–H groups in total. The standard InChI is InChI=1S/C55H71N9O22S.C35H46ClN5O9S.Na.H2O/c1-25-23-64-45(46(25)71)53(78)61-52(77)40(69)20-36(59-49(74)29-7-5-27(6-8-29)34-21-41(85-62-34)28-9-12-32(13-10-28)84-16-4-3-15-56)50(75)60-44(26(2)65)55(80)63-24-31(66)18-37(63)51(76)58-35(19-33(54(64)79)39(68)22-43(57)70)48(73)47(72)30-11-14-38(67)42(17-30)86-87(81,82)83;1-9-19-16-35(19,31(44)40-51(46,47)22-11-12-22)39-28(42)25-15-21(49-29-24-14-20(36)10-13-23(24)26(48-8)17-37-29)18-41(25)30(43)27(33(2,3)4)38-32(45)50-34(5,6)7;;/h5-14,17,21,25-26,31,33,35-37,39-40,44-48,52,65-69,71-73,77H,3-4,15-16,18-20,22-24,56H2,1-2H3,(H2,57,70)(H,58,76)(H,59,74)(H,60,75)(H,61,78)(H,81,82,83);9-10,13-14,17,19,21-22,25,27H,1,11-12,15-16,18H2,2-8H3,(H,38,45)(H,39,42)(H,40,44);;1H2/q;;+1;/p-1/t25-,26+,31+,33-,35+,36-,37-,39+,40+,44+,45-,46-,47-,48-,52+;19-,21-,25+,27-,35-;;/m01../s1. The van der Waals surface area contributed by atoms with Crippen LogP contribution in [0, 0.1) is 23.2 Å². The number of rotatable bonds is 29. The zero-order chi connectivity index (χ0) is 101. The van der Waals surface area contributed by atoms with Gasteiger partial charge in [0.15, 0.2) is 23.5 Å². The van der Waals surface area contributed by atoms with Crippen LogP contribution in [-0.4, -0.2) is 310 Å². The van der Waals surface area contributed by atoms with Crippen LogP contribution in [0.1, 0.15) is 142 Å². The minimum atomic E-state index is -5.56. The van der Waals surface area contributed by atoms with Gasteiger partial charge in [0.05, 0.1) is 74.5 Å². The van der Waals surface area contributed by atoms with Gasteiger partial charge >= 0.3 is 35.7 Å². The van der Waals surface area contributed by atoms with Gasteiger partial charge in [-0.05, 0) is 150 Å². The molecular weight excluding hydrogens is 1910 g/mol. The van der Waals surface area contributed by atoms with E-state index in [0.717, 1.165) is 41.7 Å². The molecule has 0 spiro atoms. The molecule has 4 aromatic carbocycles. The zero-order valence-corrected chi connectivity index (χ0v) is 82.7. The fourth-order valence-electron chi connectivity index (χ4n) is 16.7. The summed E-state index contributed by atoms with van der Waals surface area (Å²) in [7, 11) is -7.96. The Labute approximate surface area is 832 Å². The summed E-state index contributed by atoms with van der Waals surface area (Å²) in [5.74, 6) is -14.5. The van der Waals surface area contributed by atoms with Crippen LogP contribution in [0.5, 0.6) is 28.9 Å². The van der Waals surface area contributed by atoms with Crippen molar-refractivity contribution in [3.63, 3.8) is 0 Å². The molecule has 12 rings (SSSR count). The number of hydrogen-bond donors (Lipinski definition) is 18. The number of methoxy groups -OCH3 is 1. The Bertz CT molecular complexity index is 5760. The van der Waals surface area contributed by atoms with Crippen LogP contribution in [0.3, 0.4) is 0 Å². The predicted molar refractivity (Wildman–Crippen MR) is 490 cm³/mol. The van der Waals surface area contributed by atoms with Gasteiger partial charge in [0.1, 0.15) is 89.0 Å². The van der Waals surface area contributed by atoms with Crippen molar-refractivity contribution in [1.82, 2.24) is 61.5 Å². The molecule has 0 bridgehead atoms. The number of primary amides is 1. The monoisotopic (exact) mass is 2030 g/mol. The number of pyridine rings is 1. The number of unbranched alkanes of at least 4 members (excludes halogenated alkanes) is 1. The number of aliphatic hydroxyl groups excluding tert-OH is 8. The van der Waals surface area contributed by atoms with Crippen LogP contribution in [0.15, 0.2) is 114 Å². The number of phenolic OH excluding ortho intramolecular Hbond substituents is 1. The summed E-state index contributed by atoms with van der Waals surface area (Å²) in [4.78, 5) is 161. The van der Waals surface area contributed by atoms with Crippen molar-refractivity contribution < 1.29 is 183 Å².